The van der Waals surface area contributed by atoms with Crippen LogP contribution < -0.4 is 11.5 Å². The highest BCUT2D eigenvalue weighted by Crippen LogP contribution is 2.36. The van der Waals surface area contributed by atoms with Crippen LogP contribution in [0, 0.1) is 0 Å². The molecule has 0 saturated heterocycles. The minimum Gasteiger partial charge on any atom is -0.399 e. The summed E-state index contributed by atoms with van der Waals surface area (Å²) in [6.45, 7) is 6.89. The molecular weight excluding hydrogens is 581 g/mol. The third-order valence-electron chi connectivity index (χ3n) is 10.4. The Hall–Kier alpha value is -3.52. The Kier molecular flexibility index (Phi) is 16.1. The lowest BCUT2D eigenvalue weighted by Crippen LogP contribution is -2.06. The largest absolute Gasteiger partial charge is 0.399 e. The lowest BCUT2D eigenvalue weighted by atomic mass is 9.82. The zero-order valence-corrected chi connectivity index (χ0v) is 30.4. The summed E-state index contributed by atoms with van der Waals surface area (Å²) >= 11 is 0. The minimum absolute atomic E-state index is 0.403. The molecule has 0 spiro atoms. The number of nitrogens with two attached hydrogens (primary N) is 2. The lowest BCUT2D eigenvalue weighted by molar-refractivity contribution is 0.568. The van der Waals surface area contributed by atoms with Gasteiger partial charge in [0.2, 0.25) is 0 Å². The monoisotopic (exact) mass is 645 g/mol. The number of hydrogen-bond acceptors (Lipinski definition) is 2. The Morgan fingerprint density at radius 1 is 0.312 bits per heavy atom. The second-order valence-electron chi connectivity index (χ2n) is 14.2. The Bertz CT molecular complexity index is 1290. The van der Waals surface area contributed by atoms with Crippen LogP contribution >= 0.6 is 0 Å². The summed E-state index contributed by atoms with van der Waals surface area (Å²) in [4.78, 5) is 0. The predicted molar refractivity (Wildman–Crippen MR) is 211 cm³/mol. The highest BCUT2D eigenvalue weighted by atomic mass is 14.5. The van der Waals surface area contributed by atoms with Gasteiger partial charge >= 0.3 is 0 Å². The van der Waals surface area contributed by atoms with Crippen LogP contribution in [0.4, 0.5) is 11.4 Å². The summed E-state index contributed by atoms with van der Waals surface area (Å²) < 4.78 is 0. The number of hydrogen-bond donors (Lipinski definition) is 2. The number of anilines is 2. The summed E-state index contributed by atoms with van der Waals surface area (Å²) in [5, 5.41) is 0. The Morgan fingerprint density at radius 2 is 0.562 bits per heavy atom. The fraction of sp³-hybridized carbons (Fsp3) is 0.478. The summed E-state index contributed by atoms with van der Waals surface area (Å²) in [5.41, 5.74) is 22.2. The van der Waals surface area contributed by atoms with Crippen LogP contribution in [0.3, 0.4) is 0 Å². The van der Waals surface area contributed by atoms with Crippen molar-refractivity contribution in [2.75, 3.05) is 11.5 Å². The maximum atomic E-state index is 6.07. The van der Waals surface area contributed by atoms with Crippen molar-refractivity contribution in [3.63, 3.8) is 0 Å². The van der Waals surface area contributed by atoms with Gasteiger partial charge in [-0.1, -0.05) is 177 Å². The Balaban J connectivity index is 1.50. The number of rotatable bonds is 22. The van der Waals surface area contributed by atoms with Gasteiger partial charge in [-0.2, -0.15) is 0 Å². The van der Waals surface area contributed by atoms with Crippen molar-refractivity contribution in [3.05, 3.63) is 130 Å². The fourth-order valence-corrected chi connectivity index (χ4v) is 7.50. The topological polar surface area (TPSA) is 52.0 Å². The SMILES string of the molecule is CCCCCCCCC(c1ccc(N)cc1)c1ccc(C(CCC)c2ccc(C(CCCCCCCC)c3ccc(N)cc3)cc2)cc1. The molecule has 2 nitrogen and oxygen atoms in total. The first kappa shape index (κ1) is 37.3. The van der Waals surface area contributed by atoms with E-state index in [1.54, 1.807) is 0 Å². The third-order valence-corrected chi connectivity index (χ3v) is 10.4. The van der Waals surface area contributed by atoms with Crippen LogP contribution in [0.1, 0.15) is 175 Å². The highest BCUT2D eigenvalue weighted by molar-refractivity contribution is 5.45. The zero-order valence-electron chi connectivity index (χ0n) is 30.4. The van der Waals surface area contributed by atoms with E-state index in [0.717, 1.165) is 24.2 Å². The average Bonchev–Trinajstić information content (AvgIpc) is 3.11. The quantitative estimate of drug-likeness (QED) is 0.0660. The number of nitrogen functional groups attached to an aromatic ring is 2. The molecule has 4 aromatic carbocycles. The molecule has 0 aliphatic rings. The van der Waals surface area contributed by atoms with E-state index in [2.05, 4.69) is 118 Å². The molecule has 4 N–H and O–H groups in total. The van der Waals surface area contributed by atoms with Gasteiger partial charge in [0.1, 0.15) is 0 Å². The van der Waals surface area contributed by atoms with E-state index in [-0.39, 0.29) is 0 Å². The van der Waals surface area contributed by atoms with Crippen LogP contribution in [-0.4, -0.2) is 0 Å². The molecule has 4 rings (SSSR count). The first-order valence-electron chi connectivity index (χ1n) is 19.4. The molecule has 48 heavy (non-hydrogen) atoms. The van der Waals surface area contributed by atoms with Crippen molar-refractivity contribution >= 4 is 11.4 Å². The van der Waals surface area contributed by atoms with E-state index < -0.39 is 0 Å². The van der Waals surface area contributed by atoms with Gasteiger partial charge in [0.25, 0.3) is 0 Å². The minimum atomic E-state index is 0.403. The zero-order chi connectivity index (χ0) is 34.0. The van der Waals surface area contributed by atoms with Crippen LogP contribution in [0.5, 0.6) is 0 Å². The van der Waals surface area contributed by atoms with Gasteiger partial charge < -0.3 is 11.5 Å². The third kappa shape index (κ3) is 11.6. The van der Waals surface area contributed by atoms with E-state index in [1.165, 1.54) is 123 Å². The van der Waals surface area contributed by atoms with Gasteiger partial charge in [0.15, 0.2) is 0 Å². The van der Waals surface area contributed by atoms with Gasteiger partial charge in [0, 0.05) is 29.1 Å². The number of benzene rings is 4. The molecule has 0 heterocycles. The van der Waals surface area contributed by atoms with Crippen LogP contribution in [0.15, 0.2) is 97.1 Å². The van der Waals surface area contributed by atoms with Crippen LogP contribution in [0.2, 0.25) is 0 Å². The van der Waals surface area contributed by atoms with Crippen molar-refractivity contribution < 1.29 is 0 Å². The standard InChI is InChI=1S/C46H64N2/c1-4-7-9-11-13-15-18-45(40-28-32-42(47)33-29-40)38-24-20-36(21-25-38)44(17-6-3)37-22-26-39(27-23-37)46(19-16-14-12-10-8-5-2)41-30-34-43(48)35-31-41/h20-35,44-46H,4-19,47-48H2,1-3H3. The van der Waals surface area contributed by atoms with E-state index in [9.17, 15) is 0 Å². The number of unbranched alkanes of at least 4 members (excludes halogenated alkanes) is 10. The summed E-state index contributed by atoms with van der Waals surface area (Å²) in [5.74, 6) is 1.22. The Morgan fingerprint density at radius 3 is 0.854 bits per heavy atom. The molecule has 0 radical (unpaired) electrons. The van der Waals surface area contributed by atoms with Gasteiger partial charge in [-0.15, -0.1) is 0 Å². The van der Waals surface area contributed by atoms with Gasteiger partial charge in [0.05, 0.1) is 0 Å². The van der Waals surface area contributed by atoms with Crippen molar-refractivity contribution in [1.82, 2.24) is 0 Å². The first-order chi connectivity index (χ1) is 23.5. The molecule has 0 aliphatic heterocycles. The van der Waals surface area contributed by atoms with E-state index in [0.29, 0.717) is 17.8 Å². The molecule has 0 aliphatic carbocycles. The maximum absolute atomic E-state index is 6.07. The molecule has 2 atom stereocenters. The Labute approximate surface area is 293 Å². The van der Waals surface area contributed by atoms with Gasteiger partial charge in [-0.3, -0.25) is 0 Å². The van der Waals surface area contributed by atoms with Crippen molar-refractivity contribution in [1.29, 1.82) is 0 Å². The summed E-state index contributed by atoms with van der Waals surface area (Å²) in [6.07, 6.45) is 20.6. The van der Waals surface area contributed by atoms with Crippen molar-refractivity contribution in [3.8, 4) is 0 Å². The molecule has 0 bridgehead atoms. The summed E-state index contributed by atoms with van der Waals surface area (Å²) in [7, 11) is 0. The van der Waals surface area contributed by atoms with E-state index >= 15 is 0 Å². The summed E-state index contributed by atoms with van der Waals surface area (Å²) in [6, 6.07) is 36.4. The smallest absolute Gasteiger partial charge is 0.0314 e. The van der Waals surface area contributed by atoms with E-state index in [1.807, 2.05) is 0 Å². The molecular formula is C46H64N2. The molecule has 258 valence electrons. The van der Waals surface area contributed by atoms with Crippen molar-refractivity contribution in [2.24, 2.45) is 0 Å². The van der Waals surface area contributed by atoms with Gasteiger partial charge in [-0.05, 0) is 76.9 Å². The highest BCUT2D eigenvalue weighted by Gasteiger charge is 2.19. The molecule has 2 heteroatoms. The predicted octanol–water partition coefficient (Wildman–Crippen LogP) is 13.5. The normalized spacial score (nSPS) is 13.3. The second kappa shape index (κ2) is 20.8. The lowest BCUT2D eigenvalue weighted by Gasteiger charge is -2.23. The van der Waals surface area contributed by atoms with Crippen LogP contribution in [-0.2, 0) is 0 Å². The molecule has 4 aromatic rings. The molecule has 0 aromatic heterocycles. The molecule has 0 saturated carbocycles. The van der Waals surface area contributed by atoms with Gasteiger partial charge in [-0.25, -0.2) is 0 Å². The maximum Gasteiger partial charge on any atom is 0.0314 e. The van der Waals surface area contributed by atoms with Crippen LogP contribution in [0.25, 0.3) is 0 Å². The molecule has 0 fully saturated rings. The second-order valence-corrected chi connectivity index (χ2v) is 14.2. The molecule has 0 amide bonds. The first-order valence-corrected chi connectivity index (χ1v) is 19.4. The average molecular weight is 645 g/mol. The van der Waals surface area contributed by atoms with Crippen molar-refractivity contribution in [2.45, 2.75) is 141 Å². The fourth-order valence-electron chi connectivity index (χ4n) is 7.50. The van der Waals surface area contributed by atoms with E-state index in [4.69, 9.17) is 11.5 Å². The molecule has 2 unspecified atom stereocenters.